The minimum atomic E-state index is -0.881. The van der Waals surface area contributed by atoms with Gasteiger partial charge in [-0.05, 0) is 19.3 Å². The lowest BCUT2D eigenvalue weighted by atomic mass is 9.95. The normalized spacial score (nSPS) is 14.7. The Bertz CT molecular complexity index is 546. The summed E-state index contributed by atoms with van der Waals surface area (Å²) in [7, 11) is 1.22. The molecule has 9 heteroatoms. The van der Waals surface area contributed by atoms with Crippen LogP contribution in [-0.2, 0) is 23.9 Å². The summed E-state index contributed by atoms with van der Waals surface area (Å²) in [5.41, 5.74) is -0.671. The van der Waals surface area contributed by atoms with Gasteiger partial charge in [0.2, 0.25) is 17.7 Å². The van der Waals surface area contributed by atoms with E-state index in [2.05, 4.69) is 20.7 Å². The third-order valence-corrected chi connectivity index (χ3v) is 4.08. The van der Waals surface area contributed by atoms with Gasteiger partial charge in [0, 0.05) is 11.3 Å². The molecular weight excluding hydrogens is 374 g/mol. The van der Waals surface area contributed by atoms with Gasteiger partial charge in [-0.25, -0.2) is 4.79 Å². The van der Waals surface area contributed by atoms with Crippen molar-refractivity contribution < 1.29 is 23.9 Å². The van der Waals surface area contributed by atoms with Crippen molar-refractivity contribution in [3.63, 3.8) is 0 Å². The van der Waals surface area contributed by atoms with Gasteiger partial charge in [-0.3, -0.25) is 14.4 Å². The zero-order valence-electron chi connectivity index (χ0n) is 17.1. The molecule has 0 heterocycles. The van der Waals surface area contributed by atoms with Gasteiger partial charge in [0.15, 0.2) is 0 Å². The van der Waals surface area contributed by atoms with E-state index in [4.69, 9.17) is 11.6 Å². The molecule has 0 unspecified atom stereocenters. The third-order valence-electron chi connectivity index (χ3n) is 3.86. The molecule has 3 atom stereocenters. The van der Waals surface area contributed by atoms with Crippen molar-refractivity contribution in [2.24, 2.45) is 11.3 Å². The van der Waals surface area contributed by atoms with Crippen LogP contribution in [0, 0.1) is 11.3 Å². The average molecular weight is 406 g/mol. The lowest BCUT2D eigenvalue weighted by Crippen LogP contribution is -2.57. The Labute approximate surface area is 166 Å². The molecule has 0 aliphatic carbocycles. The SMILES string of the molecule is COC(=O)[C@H](C)NC(=O)[C@@H](NC(=O)[C@H](CCCl)NC(=O)C(C)(C)C)C(C)C. The summed E-state index contributed by atoms with van der Waals surface area (Å²) in [4.78, 5) is 48.8. The minimum absolute atomic E-state index is 0.167. The molecular formula is C18H32ClN3O5. The molecule has 0 aliphatic rings. The highest BCUT2D eigenvalue weighted by atomic mass is 35.5. The lowest BCUT2D eigenvalue weighted by molar-refractivity contribution is -0.145. The maximum Gasteiger partial charge on any atom is 0.328 e. The fraction of sp³-hybridized carbons (Fsp3) is 0.778. The Balaban J connectivity index is 5.18. The third kappa shape index (κ3) is 8.60. The van der Waals surface area contributed by atoms with Crippen molar-refractivity contribution >= 4 is 35.3 Å². The number of methoxy groups -OCH3 is 1. The first-order valence-electron chi connectivity index (χ1n) is 8.90. The quantitative estimate of drug-likeness (QED) is 0.390. The predicted octanol–water partition coefficient (Wildman–Crippen LogP) is 0.965. The fourth-order valence-corrected chi connectivity index (χ4v) is 2.30. The Morgan fingerprint density at radius 2 is 1.52 bits per heavy atom. The first kappa shape index (κ1) is 25.2. The molecule has 0 spiro atoms. The van der Waals surface area contributed by atoms with Crippen molar-refractivity contribution in [3.05, 3.63) is 0 Å². The fourth-order valence-electron chi connectivity index (χ4n) is 2.08. The standard InChI is InChI=1S/C18H32ClN3O5/c1-10(2)13(15(24)20-11(3)16(25)27-7)22-14(23)12(8-9-19)21-17(26)18(4,5)6/h10-13H,8-9H2,1-7H3,(H,20,24)(H,21,26)(H,22,23)/t11-,12-,13-/m0/s1. The number of nitrogens with one attached hydrogen (secondary N) is 3. The number of amides is 3. The van der Waals surface area contributed by atoms with E-state index in [0.29, 0.717) is 0 Å². The molecule has 0 saturated heterocycles. The molecule has 0 aromatic heterocycles. The van der Waals surface area contributed by atoms with Crippen LogP contribution in [0.2, 0.25) is 0 Å². The van der Waals surface area contributed by atoms with E-state index in [9.17, 15) is 19.2 Å². The van der Waals surface area contributed by atoms with E-state index in [1.807, 2.05) is 0 Å². The monoisotopic (exact) mass is 405 g/mol. The van der Waals surface area contributed by atoms with Gasteiger partial charge < -0.3 is 20.7 Å². The number of hydrogen-bond acceptors (Lipinski definition) is 5. The minimum Gasteiger partial charge on any atom is -0.467 e. The predicted molar refractivity (Wildman–Crippen MR) is 103 cm³/mol. The van der Waals surface area contributed by atoms with Crippen molar-refractivity contribution in [2.75, 3.05) is 13.0 Å². The van der Waals surface area contributed by atoms with Gasteiger partial charge in [-0.1, -0.05) is 34.6 Å². The highest BCUT2D eigenvalue weighted by molar-refractivity contribution is 6.18. The van der Waals surface area contributed by atoms with Crippen LogP contribution in [0.3, 0.4) is 0 Å². The van der Waals surface area contributed by atoms with Crippen LogP contribution in [0.15, 0.2) is 0 Å². The first-order chi connectivity index (χ1) is 12.3. The zero-order chi connectivity index (χ0) is 21.4. The van der Waals surface area contributed by atoms with Gasteiger partial charge in [-0.15, -0.1) is 11.6 Å². The number of carbonyl (C=O) groups excluding carboxylic acids is 4. The summed E-state index contributed by atoms with van der Waals surface area (Å²) >= 11 is 5.76. The number of rotatable bonds is 9. The number of alkyl halides is 1. The van der Waals surface area contributed by atoms with Crippen LogP contribution in [0.5, 0.6) is 0 Å². The van der Waals surface area contributed by atoms with Crippen LogP contribution in [-0.4, -0.2) is 54.8 Å². The Hall–Kier alpha value is -1.83. The zero-order valence-corrected chi connectivity index (χ0v) is 17.9. The summed E-state index contributed by atoms with van der Waals surface area (Å²) in [5, 5.41) is 7.82. The molecule has 0 aromatic rings. The summed E-state index contributed by atoms with van der Waals surface area (Å²) in [6.07, 6.45) is 0.222. The van der Waals surface area contributed by atoms with Crippen LogP contribution in [0.25, 0.3) is 0 Å². The van der Waals surface area contributed by atoms with E-state index in [1.54, 1.807) is 34.6 Å². The molecule has 0 radical (unpaired) electrons. The molecule has 0 bridgehead atoms. The molecule has 156 valence electrons. The maximum absolute atomic E-state index is 12.6. The molecule has 3 N–H and O–H groups in total. The second-order valence-electron chi connectivity index (χ2n) is 7.74. The number of esters is 1. The van der Waals surface area contributed by atoms with Crippen molar-refractivity contribution in [1.82, 2.24) is 16.0 Å². The number of carbonyl (C=O) groups is 4. The van der Waals surface area contributed by atoms with Crippen LogP contribution < -0.4 is 16.0 Å². The summed E-state index contributed by atoms with van der Waals surface area (Å²) in [6, 6.07) is -2.59. The molecule has 0 rings (SSSR count). The molecule has 0 saturated carbocycles. The van der Waals surface area contributed by atoms with E-state index in [0.717, 1.165) is 0 Å². The molecule has 0 aliphatic heterocycles. The maximum atomic E-state index is 12.6. The Morgan fingerprint density at radius 1 is 0.963 bits per heavy atom. The van der Waals surface area contributed by atoms with Gasteiger partial charge >= 0.3 is 5.97 Å². The van der Waals surface area contributed by atoms with Crippen LogP contribution in [0.4, 0.5) is 0 Å². The van der Waals surface area contributed by atoms with Crippen molar-refractivity contribution in [1.29, 1.82) is 0 Å². The average Bonchev–Trinajstić information content (AvgIpc) is 2.56. The summed E-state index contributed by atoms with van der Waals surface area (Å²) in [6.45, 7) is 10.2. The van der Waals surface area contributed by atoms with Gasteiger partial charge in [0.25, 0.3) is 0 Å². The Morgan fingerprint density at radius 3 is 1.93 bits per heavy atom. The van der Waals surface area contributed by atoms with E-state index >= 15 is 0 Å². The highest BCUT2D eigenvalue weighted by Gasteiger charge is 2.32. The van der Waals surface area contributed by atoms with E-state index < -0.39 is 41.3 Å². The lowest BCUT2D eigenvalue weighted by Gasteiger charge is -2.27. The molecule has 3 amide bonds. The molecule has 8 nitrogen and oxygen atoms in total. The van der Waals surface area contributed by atoms with Gasteiger partial charge in [0.05, 0.1) is 7.11 Å². The second-order valence-corrected chi connectivity index (χ2v) is 8.12. The largest absolute Gasteiger partial charge is 0.467 e. The van der Waals surface area contributed by atoms with E-state index in [1.165, 1.54) is 14.0 Å². The summed E-state index contributed by atoms with van der Waals surface area (Å²) < 4.78 is 4.58. The topological polar surface area (TPSA) is 114 Å². The van der Waals surface area contributed by atoms with Gasteiger partial charge in [-0.2, -0.15) is 0 Å². The Kier molecular flexibility index (Phi) is 10.4. The summed E-state index contributed by atoms with van der Waals surface area (Å²) in [5.74, 6) is -1.97. The van der Waals surface area contributed by atoms with E-state index in [-0.39, 0.29) is 24.1 Å². The first-order valence-corrected chi connectivity index (χ1v) is 9.44. The smallest absolute Gasteiger partial charge is 0.328 e. The van der Waals surface area contributed by atoms with Crippen LogP contribution >= 0.6 is 11.6 Å². The number of ether oxygens (including phenoxy) is 1. The second kappa shape index (κ2) is 11.1. The molecule has 0 fully saturated rings. The van der Waals surface area contributed by atoms with Crippen molar-refractivity contribution in [2.45, 2.75) is 66.1 Å². The van der Waals surface area contributed by atoms with Gasteiger partial charge in [0.1, 0.15) is 18.1 Å². The van der Waals surface area contributed by atoms with Crippen LogP contribution in [0.1, 0.15) is 48.0 Å². The molecule has 0 aromatic carbocycles. The highest BCUT2D eigenvalue weighted by Crippen LogP contribution is 2.14. The molecule has 27 heavy (non-hydrogen) atoms. The number of halogens is 1. The number of hydrogen-bond donors (Lipinski definition) is 3. The van der Waals surface area contributed by atoms with Crippen molar-refractivity contribution in [3.8, 4) is 0 Å².